The van der Waals surface area contributed by atoms with Crippen LogP contribution in [0.25, 0.3) is 0 Å². The van der Waals surface area contributed by atoms with Crippen LogP contribution in [0.1, 0.15) is 31.1 Å². The van der Waals surface area contributed by atoms with Crippen molar-refractivity contribution in [3.63, 3.8) is 0 Å². The third-order valence-electron chi connectivity index (χ3n) is 2.12. The Morgan fingerprint density at radius 3 is 2.53 bits per heavy atom. The predicted molar refractivity (Wildman–Crippen MR) is 74.2 cm³/mol. The highest BCUT2D eigenvalue weighted by Crippen LogP contribution is 2.23. The molecule has 1 rings (SSSR count). The van der Waals surface area contributed by atoms with E-state index in [1.54, 1.807) is 0 Å². The van der Waals surface area contributed by atoms with Crippen molar-refractivity contribution < 1.29 is 19.1 Å². The number of thioether (sulfide) groups is 1. The number of carboxylic acid groups (broad SMARTS) is 1. The molecule has 0 radical (unpaired) electrons. The zero-order valence-electron chi connectivity index (χ0n) is 11.0. The Bertz CT molecular complexity index is 497. The summed E-state index contributed by atoms with van der Waals surface area (Å²) in [6.45, 7) is 5.90. The fourth-order valence-corrected chi connectivity index (χ4v) is 1.91. The van der Waals surface area contributed by atoms with Crippen LogP contribution in [0, 0.1) is 5.82 Å². The van der Waals surface area contributed by atoms with Gasteiger partial charge in [0.15, 0.2) is 0 Å². The van der Waals surface area contributed by atoms with E-state index < -0.39 is 11.8 Å². The van der Waals surface area contributed by atoms with E-state index in [4.69, 9.17) is 5.11 Å². The smallest absolute Gasteiger partial charge is 0.337 e. The minimum absolute atomic E-state index is 0.0213. The number of hydrogen-bond donors (Lipinski definition) is 2. The number of nitrogens with one attached hydrogen (secondary N) is 1. The summed E-state index contributed by atoms with van der Waals surface area (Å²) in [7, 11) is 0. The maximum Gasteiger partial charge on any atom is 0.337 e. The summed E-state index contributed by atoms with van der Waals surface area (Å²) in [5.74, 6) is -1.98. The van der Waals surface area contributed by atoms with Crippen LogP contribution in [0.3, 0.4) is 0 Å². The lowest BCUT2D eigenvalue weighted by atomic mass is 10.1. The SMILES string of the molecule is CC(C)(C)SCC(=O)Nc1cc(F)ccc1C(=O)O. The minimum atomic E-state index is -1.21. The number of carboxylic acids is 1. The van der Waals surface area contributed by atoms with E-state index in [0.717, 1.165) is 18.2 Å². The first kappa shape index (κ1) is 15.5. The average molecular weight is 285 g/mol. The van der Waals surface area contributed by atoms with Gasteiger partial charge >= 0.3 is 5.97 Å². The van der Waals surface area contributed by atoms with Gasteiger partial charge in [-0.3, -0.25) is 4.79 Å². The summed E-state index contributed by atoms with van der Waals surface area (Å²) >= 11 is 1.43. The maximum absolute atomic E-state index is 13.1. The molecule has 1 aromatic rings. The second kappa shape index (κ2) is 6.06. The Kier molecular flexibility index (Phi) is 4.94. The lowest BCUT2D eigenvalue weighted by Crippen LogP contribution is -2.20. The minimum Gasteiger partial charge on any atom is -0.478 e. The molecular weight excluding hydrogens is 269 g/mol. The summed E-state index contributed by atoms with van der Waals surface area (Å²) in [5, 5.41) is 11.4. The van der Waals surface area contributed by atoms with Crippen LogP contribution in [0.15, 0.2) is 18.2 Å². The van der Waals surface area contributed by atoms with Crippen LogP contribution in [0.5, 0.6) is 0 Å². The number of amides is 1. The summed E-state index contributed by atoms with van der Waals surface area (Å²) < 4.78 is 13.0. The van der Waals surface area contributed by atoms with E-state index in [1.165, 1.54) is 11.8 Å². The lowest BCUT2D eigenvalue weighted by Gasteiger charge is -2.17. The van der Waals surface area contributed by atoms with Gasteiger partial charge < -0.3 is 10.4 Å². The normalized spacial score (nSPS) is 11.2. The molecule has 0 aromatic heterocycles. The molecular formula is C13H16FNO3S. The molecule has 2 N–H and O–H groups in total. The number of halogens is 1. The van der Waals surface area contributed by atoms with Crippen LogP contribution >= 0.6 is 11.8 Å². The van der Waals surface area contributed by atoms with Crippen molar-refractivity contribution >= 4 is 29.3 Å². The molecule has 0 aliphatic rings. The molecule has 0 bridgehead atoms. The molecule has 0 atom stereocenters. The standard InChI is InChI=1S/C13H16FNO3S/c1-13(2,3)19-7-11(16)15-10-6-8(14)4-5-9(10)12(17)18/h4-6H,7H2,1-3H3,(H,15,16)(H,17,18). The molecule has 0 spiro atoms. The summed E-state index contributed by atoms with van der Waals surface area (Å²) in [4.78, 5) is 22.7. The molecule has 0 aliphatic carbocycles. The van der Waals surface area contributed by atoms with E-state index in [9.17, 15) is 14.0 Å². The van der Waals surface area contributed by atoms with Crippen LogP contribution < -0.4 is 5.32 Å². The van der Waals surface area contributed by atoms with Gasteiger partial charge in [-0.05, 0) is 18.2 Å². The van der Waals surface area contributed by atoms with Gasteiger partial charge in [0, 0.05) is 4.75 Å². The number of hydrogen-bond acceptors (Lipinski definition) is 3. The number of carbonyl (C=O) groups is 2. The first-order chi connectivity index (χ1) is 8.69. The number of anilines is 1. The Morgan fingerprint density at radius 1 is 1.37 bits per heavy atom. The van der Waals surface area contributed by atoms with E-state index in [-0.39, 0.29) is 27.7 Å². The van der Waals surface area contributed by atoms with Crippen molar-refractivity contribution in [2.45, 2.75) is 25.5 Å². The van der Waals surface area contributed by atoms with Crippen molar-refractivity contribution in [3.8, 4) is 0 Å². The van der Waals surface area contributed by atoms with Gasteiger partial charge in [0.1, 0.15) is 5.82 Å². The molecule has 19 heavy (non-hydrogen) atoms. The van der Waals surface area contributed by atoms with Crippen molar-refractivity contribution in [2.24, 2.45) is 0 Å². The first-order valence-corrected chi connectivity index (χ1v) is 6.64. The Balaban J connectivity index is 2.78. The molecule has 1 amide bonds. The van der Waals surface area contributed by atoms with E-state index >= 15 is 0 Å². The molecule has 0 unspecified atom stereocenters. The quantitative estimate of drug-likeness (QED) is 0.892. The van der Waals surface area contributed by atoms with Crippen molar-refractivity contribution in [1.29, 1.82) is 0 Å². The van der Waals surface area contributed by atoms with Crippen LogP contribution in [0.4, 0.5) is 10.1 Å². The molecule has 0 heterocycles. The molecule has 1 aromatic carbocycles. The highest BCUT2D eigenvalue weighted by molar-refractivity contribution is 8.01. The molecule has 0 saturated heterocycles. The largest absolute Gasteiger partial charge is 0.478 e. The topological polar surface area (TPSA) is 66.4 Å². The monoisotopic (exact) mass is 285 g/mol. The van der Waals surface area contributed by atoms with Gasteiger partial charge in [-0.1, -0.05) is 20.8 Å². The lowest BCUT2D eigenvalue weighted by molar-refractivity contribution is -0.113. The second-order valence-electron chi connectivity index (χ2n) is 4.94. The highest BCUT2D eigenvalue weighted by atomic mass is 32.2. The van der Waals surface area contributed by atoms with Gasteiger partial charge in [0.25, 0.3) is 0 Å². The molecule has 0 fully saturated rings. The number of rotatable bonds is 4. The van der Waals surface area contributed by atoms with Crippen LogP contribution in [-0.4, -0.2) is 27.5 Å². The molecule has 104 valence electrons. The number of benzene rings is 1. The van der Waals surface area contributed by atoms with Gasteiger partial charge in [0.2, 0.25) is 5.91 Å². The Labute approximate surface area is 115 Å². The summed E-state index contributed by atoms with van der Waals surface area (Å²) in [6.07, 6.45) is 0. The zero-order chi connectivity index (χ0) is 14.6. The third-order valence-corrected chi connectivity index (χ3v) is 3.39. The third kappa shape index (κ3) is 5.30. The van der Waals surface area contributed by atoms with Gasteiger partial charge in [-0.2, -0.15) is 0 Å². The first-order valence-electron chi connectivity index (χ1n) is 5.66. The van der Waals surface area contributed by atoms with Crippen molar-refractivity contribution in [2.75, 3.05) is 11.1 Å². The Morgan fingerprint density at radius 2 is 2.00 bits per heavy atom. The van der Waals surface area contributed by atoms with E-state index in [1.807, 2.05) is 20.8 Å². The summed E-state index contributed by atoms with van der Waals surface area (Å²) in [6, 6.07) is 3.18. The summed E-state index contributed by atoms with van der Waals surface area (Å²) in [5.41, 5.74) is -0.150. The van der Waals surface area contributed by atoms with Gasteiger partial charge in [0.05, 0.1) is 17.0 Å². The van der Waals surface area contributed by atoms with Gasteiger partial charge in [-0.25, -0.2) is 9.18 Å². The van der Waals surface area contributed by atoms with E-state index in [0.29, 0.717) is 0 Å². The van der Waals surface area contributed by atoms with Gasteiger partial charge in [-0.15, -0.1) is 11.8 Å². The Hall–Kier alpha value is -1.56. The molecule has 0 saturated carbocycles. The molecule has 4 nitrogen and oxygen atoms in total. The second-order valence-corrected chi connectivity index (χ2v) is 6.75. The number of aromatic carboxylic acids is 1. The molecule has 6 heteroatoms. The predicted octanol–water partition coefficient (Wildman–Crippen LogP) is 2.99. The van der Waals surface area contributed by atoms with Crippen LogP contribution in [-0.2, 0) is 4.79 Å². The number of carbonyl (C=O) groups excluding carboxylic acids is 1. The average Bonchev–Trinajstić information content (AvgIpc) is 2.25. The maximum atomic E-state index is 13.1. The van der Waals surface area contributed by atoms with Crippen molar-refractivity contribution in [1.82, 2.24) is 0 Å². The zero-order valence-corrected chi connectivity index (χ0v) is 11.8. The van der Waals surface area contributed by atoms with Crippen LogP contribution in [0.2, 0.25) is 0 Å². The van der Waals surface area contributed by atoms with E-state index in [2.05, 4.69) is 5.32 Å². The fourth-order valence-electron chi connectivity index (χ4n) is 1.27. The van der Waals surface area contributed by atoms with Crippen molar-refractivity contribution in [3.05, 3.63) is 29.6 Å². The molecule has 0 aliphatic heterocycles. The fraction of sp³-hybridized carbons (Fsp3) is 0.385. The highest BCUT2D eigenvalue weighted by Gasteiger charge is 2.16.